The number of anilines is 1. The zero-order valence-electron chi connectivity index (χ0n) is 15.8. The van der Waals surface area contributed by atoms with E-state index in [1.54, 1.807) is 0 Å². The number of rotatable bonds is 1. The molecule has 1 aliphatic heterocycles. The van der Waals surface area contributed by atoms with Crippen molar-refractivity contribution < 1.29 is 9.59 Å². The molecule has 0 aromatic heterocycles. The average Bonchev–Trinajstić information content (AvgIpc) is 3.00. The lowest BCUT2D eigenvalue weighted by atomic mass is 9.55. The molecule has 0 unspecified atom stereocenters. The van der Waals surface area contributed by atoms with Crippen LogP contribution >= 0.6 is 15.9 Å². The van der Waals surface area contributed by atoms with Gasteiger partial charge in [0.2, 0.25) is 11.8 Å². The Hall–Kier alpha value is -2.72. The van der Waals surface area contributed by atoms with Crippen molar-refractivity contribution in [2.24, 2.45) is 11.8 Å². The van der Waals surface area contributed by atoms with E-state index < -0.39 is 16.2 Å². The summed E-state index contributed by atoms with van der Waals surface area (Å²) in [4.78, 5) is 28.9. The first-order valence-corrected chi connectivity index (χ1v) is 10.6. The number of carbonyl (C=O) groups excluding carboxylic acids is 2. The topological polar surface area (TPSA) is 37.4 Å². The zero-order valence-corrected chi connectivity index (χ0v) is 17.4. The maximum Gasteiger partial charge on any atom is 0.239 e. The van der Waals surface area contributed by atoms with Gasteiger partial charge < -0.3 is 0 Å². The van der Waals surface area contributed by atoms with Gasteiger partial charge in [-0.05, 0) is 46.9 Å². The van der Waals surface area contributed by atoms with Crippen LogP contribution in [0.2, 0.25) is 0 Å². The van der Waals surface area contributed by atoms with Crippen molar-refractivity contribution >= 4 is 33.4 Å². The number of nitrogens with zero attached hydrogens (tertiary/aromatic N) is 1. The van der Waals surface area contributed by atoms with Crippen LogP contribution in [0.1, 0.15) is 33.7 Å². The highest BCUT2D eigenvalue weighted by molar-refractivity contribution is 9.09. The first-order chi connectivity index (χ1) is 14.0. The second-order valence-corrected chi connectivity index (χ2v) is 9.47. The molecule has 142 valence electrons. The summed E-state index contributed by atoms with van der Waals surface area (Å²) in [5.74, 6) is -1.16. The Morgan fingerprint density at radius 1 is 0.828 bits per heavy atom. The summed E-state index contributed by atoms with van der Waals surface area (Å²) < 4.78 is -0.690. The van der Waals surface area contributed by atoms with Crippen molar-refractivity contribution in [2.45, 2.75) is 17.2 Å². The summed E-state index contributed by atoms with van der Waals surface area (Å²) in [7, 11) is 0. The largest absolute Gasteiger partial charge is 0.274 e. The van der Waals surface area contributed by atoms with Crippen molar-refractivity contribution in [1.29, 1.82) is 0 Å². The molecular formula is C25H18BrNO2. The SMILES string of the molecule is Cc1cccc(N2C(=O)[C@@H]3C4c5ccccc5C(Br)(c5ccccc54)[C@H]3C2=O)c1. The highest BCUT2D eigenvalue weighted by Crippen LogP contribution is 2.66. The van der Waals surface area contributed by atoms with Crippen molar-refractivity contribution in [1.82, 2.24) is 0 Å². The Kier molecular flexibility index (Phi) is 3.35. The van der Waals surface area contributed by atoms with Crippen molar-refractivity contribution in [3.63, 3.8) is 0 Å². The van der Waals surface area contributed by atoms with E-state index in [0.29, 0.717) is 5.69 Å². The van der Waals surface area contributed by atoms with E-state index in [2.05, 4.69) is 40.2 Å². The molecule has 3 aromatic carbocycles. The normalized spacial score (nSPS) is 28.9. The molecule has 0 saturated carbocycles. The highest BCUT2D eigenvalue weighted by Gasteiger charge is 2.67. The number of hydrogen-bond acceptors (Lipinski definition) is 2. The van der Waals surface area contributed by atoms with Gasteiger partial charge in [0.05, 0.1) is 21.8 Å². The van der Waals surface area contributed by atoms with Crippen LogP contribution < -0.4 is 4.90 Å². The molecular weight excluding hydrogens is 426 g/mol. The zero-order chi connectivity index (χ0) is 19.9. The Bertz CT molecular complexity index is 1170. The number of imide groups is 1. The summed E-state index contributed by atoms with van der Waals surface area (Å²) in [6, 6.07) is 24.1. The van der Waals surface area contributed by atoms with Crippen LogP contribution in [0.15, 0.2) is 72.8 Å². The van der Waals surface area contributed by atoms with Crippen LogP contribution in [-0.2, 0) is 13.9 Å². The number of hydrogen-bond donors (Lipinski definition) is 0. The fraction of sp³-hybridized carbons (Fsp3) is 0.200. The third-order valence-corrected chi connectivity index (χ3v) is 8.12. The molecule has 2 atom stereocenters. The summed E-state index contributed by atoms with van der Waals surface area (Å²) in [6.45, 7) is 1.98. The molecule has 0 spiro atoms. The molecule has 2 bridgehead atoms. The van der Waals surface area contributed by atoms with E-state index in [0.717, 1.165) is 27.8 Å². The third kappa shape index (κ3) is 1.98. The van der Waals surface area contributed by atoms with Gasteiger partial charge in [-0.1, -0.05) is 76.6 Å². The Morgan fingerprint density at radius 2 is 1.45 bits per heavy atom. The maximum absolute atomic E-state index is 13.8. The molecule has 3 aliphatic carbocycles. The van der Waals surface area contributed by atoms with Crippen molar-refractivity contribution in [3.8, 4) is 0 Å². The van der Waals surface area contributed by atoms with E-state index in [1.807, 2.05) is 55.5 Å². The number of alkyl halides is 1. The quantitative estimate of drug-likeness (QED) is 0.396. The second kappa shape index (κ2) is 5.67. The summed E-state index contributed by atoms with van der Waals surface area (Å²) in [5.41, 5.74) is 6.21. The molecule has 0 radical (unpaired) electrons. The molecule has 4 aliphatic rings. The molecule has 7 rings (SSSR count). The monoisotopic (exact) mass is 443 g/mol. The lowest BCUT2D eigenvalue weighted by Crippen LogP contribution is -2.50. The first-order valence-electron chi connectivity index (χ1n) is 9.85. The average molecular weight is 444 g/mol. The van der Waals surface area contributed by atoms with Crippen molar-refractivity contribution in [3.05, 3.63) is 101 Å². The summed E-state index contributed by atoms with van der Waals surface area (Å²) in [6.07, 6.45) is 0. The second-order valence-electron chi connectivity index (χ2n) is 8.22. The van der Waals surface area contributed by atoms with Gasteiger partial charge in [0.25, 0.3) is 0 Å². The van der Waals surface area contributed by atoms with E-state index >= 15 is 0 Å². The molecule has 1 heterocycles. The molecule has 3 aromatic rings. The Morgan fingerprint density at radius 3 is 2.07 bits per heavy atom. The van der Waals surface area contributed by atoms with Crippen molar-refractivity contribution in [2.75, 3.05) is 4.90 Å². The molecule has 2 amide bonds. The van der Waals surface area contributed by atoms with Gasteiger partial charge >= 0.3 is 0 Å². The first kappa shape index (κ1) is 17.2. The predicted molar refractivity (Wildman–Crippen MR) is 115 cm³/mol. The van der Waals surface area contributed by atoms with E-state index in [-0.39, 0.29) is 17.7 Å². The van der Waals surface area contributed by atoms with Gasteiger partial charge in [-0.15, -0.1) is 0 Å². The van der Waals surface area contributed by atoms with E-state index in [9.17, 15) is 9.59 Å². The molecule has 0 N–H and O–H groups in total. The van der Waals surface area contributed by atoms with Crippen LogP contribution in [0.3, 0.4) is 0 Å². The fourth-order valence-corrected chi connectivity index (χ4v) is 6.90. The van der Waals surface area contributed by atoms with Gasteiger partial charge in [-0.2, -0.15) is 0 Å². The number of carbonyl (C=O) groups is 2. The fourth-order valence-electron chi connectivity index (χ4n) is 5.70. The molecule has 4 heteroatoms. The van der Waals surface area contributed by atoms with Gasteiger partial charge in [-0.25, -0.2) is 4.90 Å². The minimum Gasteiger partial charge on any atom is -0.274 e. The Balaban J connectivity index is 1.63. The van der Waals surface area contributed by atoms with Crippen LogP contribution in [0.4, 0.5) is 5.69 Å². The highest BCUT2D eigenvalue weighted by atomic mass is 79.9. The molecule has 3 nitrogen and oxygen atoms in total. The number of aryl methyl sites for hydroxylation is 1. The van der Waals surface area contributed by atoms with Crippen LogP contribution in [0, 0.1) is 18.8 Å². The maximum atomic E-state index is 13.8. The minimum absolute atomic E-state index is 0.0940. The van der Waals surface area contributed by atoms with Gasteiger partial charge in [0.15, 0.2) is 0 Å². The number of benzene rings is 3. The predicted octanol–water partition coefficient (Wildman–Crippen LogP) is 4.90. The van der Waals surface area contributed by atoms with E-state index in [1.165, 1.54) is 4.90 Å². The van der Waals surface area contributed by atoms with E-state index in [4.69, 9.17) is 0 Å². The van der Waals surface area contributed by atoms with Gasteiger partial charge in [0, 0.05) is 5.92 Å². The van der Waals surface area contributed by atoms with Gasteiger partial charge in [-0.3, -0.25) is 9.59 Å². The standard InChI is InChI=1S/C25H18BrNO2/c1-14-7-6-8-15(13-14)27-23(28)21-20-16-9-2-4-11-18(16)25(26,22(21)24(27)29)19-12-5-3-10-17(19)20/h2-13,20-22H,1H3/t20?,21-,22-,25?/m1/s1. The number of amides is 2. The van der Waals surface area contributed by atoms with Crippen LogP contribution in [-0.4, -0.2) is 11.8 Å². The lowest BCUT2D eigenvalue weighted by Gasteiger charge is -2.51. The lowest BCUT2D eigenvalue weighted by molar-refractivity contribution is -0.122. The smallest absolute Gasteiger partial charge is 0.239 e. The minimum atomic E-state index is -0.690. The van der Waals surface area contributed by atoms with Gasteiger partial charge in [0.1, 0.15) is 0 Å². The van der Waals surface area contributed by atoms with Crippen LogP contribution in [0.5, 0.6) is 0 Å². The van der Waals surface area contributed by atoms with Crippen LogP contribution in [0.25, 0.3) is 0 Å². The Labute approximate surface area is 177 Å². The summed E-state index contributed by atoms with van der Waals surface area (Å²) >= 11 is 4.02. The third-order valence-electron chi connectivity index (χ3n) is 6.77. The summed E-state index contributed by atoms with van der Waals surface area (Å²) in [5, 5.41) is 0. The molecule has 1 fully saturated rings. The molecule has 29 heavy (non-hydrogen) atoms. The number of halogens is 1. The molecule has 1 saturated heterocycles.